The third kappa shape index (κ3) is 2.63. The molecule has 6 nitrogen and oxygen atoms in total. The molecule has 0 saturated heterocycles. The van der Waals surface area contributed by atoms with Crippen molar-refractivity contribution >= 4 is 11.6 Å². The van der Waals surface area contributed by atoms with Crippen LogP contribution in [0.25, 0.3) is 0 Å². The van der Waals surface area contributed by atoms with Gasteiger partial charge in [-0.2, -0.15) is 0 Å². The first-order valence-electron chi connectivity index (χ1n) is 5.82. The van der Waals surface area contributed by atoms with Gasteiger partial charge in [0.05, 0.1) is 18.1 Å². The van der Waals surface area contributed by atoms with Gasteiger partial charge < -0.3 is 14.2 Å². The molecule has 0 unspecified atom stereocenters. The molecule has 0 spiro atoms. The van der Waals surface area contributed by atoms with Crippen molar-refractivity contribution in [2.24, 2.45) is 7.05 Å². The van der Waals surface area contributed by atoms with E-state index in [1.165, 1.54) is 0 Å². The fraction of sp³-hybridized carbons (Fsp3) is 0.308. The van der Waals surface area contributed by atoms with Gasteiger partial charge in [0.1, 0.15) is 18.1 Å². The Kier molecular flexibility index (Phi) is 3.91. The van der Waals surface area contributed by atoms with Crippen LogP contribution in [0.5, 0.6) is 0 Å². The molecule has 0 aliphatic carbocycles. The molecule has 2 aromatic rings. The first-order chi connectivity index (χ1) is 9.15. The van der Waals surface area contributed by atoms with E-state index < -0.39 is 0 Å². The first-order valence-corrected chi connectivity index (χ1v) is 5.82. The maximum Gasteiger partial charge on any atom is 0.276 e. The van der Waals surface area contributed by atoms with Gasteiger partial charge >= 0.3 is 0 Å². The van der Waals surface area contributed by atoms with Gasteiger partial charge in [-0.1, -0.05) is 0 Å². The number of rotatable bonds is 4. The van der Waals surface area contributed by atoms with Gasteiger partial charge in [-0.15, -0.1) is 0 Å². The predicted molar refractivity (Wildman–Crippen MR) is 70.9 cm³/mol. The van der Waals surface area contributed by atoms with Gasteiger partial charge in [0.2, 0.25) is 0 Å². The highest BCUT2D eigenvalue weighted by molar-refractivity contribution is 6.04. The van der Waals surface area contributed by atoms with Crippen LogP contribution in [0.2, 0.25) is 0 Å². The van der Waals surface area contributed by atoms with E-state index in [2.05, 4.69) is 9.97 Å². The monoisotopic (exact) mass is 260 g/mol. The van der Waals surface area contributed by atoms with Gasteiger partial charge in [0, 0.05) is 27.4 Å². The Morgan fingerprint density at radius 3 is 2.89 bits per heavy atom. The minimum Gasteiger partial charge on any atom is -0.377 e. The number of amides is 1. The van der Waals surface area contributed by atoms with Gasteiger partial charge in [-0.25, -0.2) is 4.98 Å². The van der Waals surface area contributed by atoms with E-state index in [1.54, 1.807) is 55.3 Å². The number of hydrogen-bond donors (Lipinski definition) is 0. The second-order valence-electron chi connectivity index (χ2n) is 4.13. The van der Waals surface area contributed by atoms with Crippen molar-refractivity contribution in [2.45, 2.75) is 6.61 Å². The maximum atomic E-state index is 12.4. The Bertz CT molecular complexity index is 565. The maximum absolute atomic E-state index is 12.4. The number of pyridine rings is 1. The summed E-state index contributed by atoms with van der Waals surface area (Å²) in [6.07, 6.45) is 4.87. The quantitative estimate of drug-likeness (QED) is 0.829. The summed E-state index contributed by atoms with van der Waals surface area (Å²) < 4.78 is 6.76. The fourth-order valence-corrected chi connectivity index (χ4v) is 1.75. The SMILES string of the molecule is COCc1ncc(C(=O)N(C)c2cccnc2)n1C. The molecule has 2 aromatic heterocycles. The van der Waals surface area contributed by atoms with Crippen molar-refractivity contribution < 1.29 is 9.53 Å². The van der Waals surface area contributed by atoms with Crippen LogP contribution in [0.15, 0.2) is 30.7 Å². The summed E-state index contributed by atoms with van der Waals surface area (Å²) >= 11 is 0. The number of imidazole rings is 1. The lowest BCUT2D eigenvalue weighted by molar-refractivity contribution is 0.0984. The number of nitrogens with zero attached hydrogens (tertiary/aromatic N) is 4. The molecule has 0 bridgehead atoms. The normalized spacial score (nSPS) is 10.5. The third-order valence-corrected chi connectivity index (χ3v) is 2.91. The van der Waals surface area contributed by atoms with Crippen LogP contribution in [0.3, 0.4) is 0 Å². The van der Waals surface area contributed by atoms with Crippen LogP contribution >= 0.6 is 0 Å². The average Bonchev–Trinajstić information content (AvgIpc) is 2.80. The molecule has 6 heteroatoms. The van der Waals surface area contributed by atoms with Crippen LogP contribution in [0.1, 0.15) is 16.3 Å². The van der Waals surface area contributed by atoms with Gasteiger partial charge in [-0.05, 0) is 12.1 Å². The summed E-state index contributed by atoms with van der Waals surface area (Å²) in [7, 11) is 5.10. The Morgan fingerprint density at radius 1 is 1.47 bits per heavy atom. The molecule has 0 aliphatic rings. The molecule has 0 radical (unpaired) electrons. The van der Waals surface area contributed by atoms with E-state index in [1.807, 2.05) is 6.07 Å². The third-order valence-electron chi connectivity index (χ3n) is 2.91. The predicted octanol–water partition coefficient (Wildman–Crippen LogP) is 1.24. The minimum absolute atomic E-state index is 0.134. The number of aromatic nitrogens is 3. The molecule has 19 heavy (non-hydrogen) atoms. The Balaban J connectivity index is 2.25. The van der Waals surface area contributed by atoms with Gasteiger partial charge in [0.25, 0.3) is 5.91 Å². The summed E-state index contributed by atoms with van der Waals surface area (Å²) in [5, 5.41) is 0. The number of carbonyl (C=O) groups is 1. The van der Waals surface area contributed by atoms with Crippen molar-refractivity contribution in [2.75, 3.05) is 19.1 Å². The topological polar surface area (TPSA) is 60.2 Å². The zero-order valence-electron chi connectivity index (χ0n) is 11.2. The molecule has 1 amide bonds. The van der Waals surface area contributed by atoms with Crippen LogP contribution in [0.4, 0.5) is 5.69 Å². The van der Waals surface area contributed by atoms with E-state index in [4.69, 9.17) is 4.74 Å². The van der Waals surface area contributed by atoms with E-state index in [9.17, 15) is 4.79 Å². The highest BCUT2D eigenvalue weighted by Crippen LogP contribution is 2.14. The molecule has 0 aromatic carbocycles. The standard InChI is InChI=1S/C13H16N4O2/c1-16(10-5-4-6-14-7-10)13(18)11-8-15-12(9-19-3)17(11)2/h4-8H,9H2,1-3H3. The fourth-order valence-electron chi connectivity index (χ4n) is 1.75. The van der Waals surface area contributed by atoms with E-state index >= 15 is 0 Å². The Morgan fingerprint density at radius 2 is 2.26 bits per heavy atom. The van der Waals surface area contributed by atoms with Crippen molar-refractivity contribution in [3.63, 3.8) is 0 Å². The van der Waals surface area contributed by atoms with E-state index in [-0.39, 0.29) is 5.91 Å². The van der Waals surface area contributed by atoms with Crippen molar-refractivity contribution in [3.8, 4) is 0 Å². The zero-order valence-corrected chi connectivity index (χ0v) is 11.2. The Labute approximate surface area is 111 Å². The number of carbonyl (C=O) groups excluding carboxylic acids is 1. The number of hydrogen-bond acceptors (Lipinski definition) is 4. The molecular formula is C13H16N4O2. The van der Waals surface area contributed by atoms with Crippen LogP contribution < -0.4 is 4.90 Å². The van der Waals surface area contributed by atoms with Crippen LogP contribution in [0, 0.1) is 0 Å². The molecular weight excluding hydrogens is 244 g/mol. The smallest absolute Gasteiger partial charge is 0.276 e. The van der Waals surface area contributed by atoms with Crippen molar-refractivity contribution in [1.82, 2.24) is 14.5 Å². The highest BCUT2D eigenvalue weighted by Gasteiger charge is 2.18. The Hall–Kier alpha value is -2.21. The van der Waals surface area contributed by atoms with Crippen molar-refractivity contribution in [3.05, 3.63) is 42.2 Å². The number of anilines is 1. The second-order valence-corrected chi connectivity index (χ2v) is 4.13. The molecule has 0 aliphatic heterocycles. The molecule has 2 heterocycles. The lowest BCUT2D eigenvalue weighted by Crippen LogP contribution is -2.28. The molecule has 100 valence electrons. The number of methoxy groups -OCH3 is 1. The molecule has 0 saturated carbocycles. The van der Waals surface area contributed by atoms with Crippen LogP contribution in [-0.2, 0) is 18.4 Å². The van der Waals surface area contributed by atoms with Crippen molar-refractivity contribution in [1.29, 1.82) is 0 Å². The lowest BCUT2D eigenvalue weighted by atomic mass is 10.3. The average molecular weight is 260 g/mol. The summed E-state index contributed by atoms with van der Waals surface area (Å²) in [5.41, 5.74) is 1.25. The molecule has 0 atom stereocenters. The molecule has 2 rings (SSSR count). The first kappa shape index (κ1) is 13.2. The summed E-state index contributed by atoms with van der Waals surface area (Å²) in [4.78, 5) is 22.1. The summed E-state index contributed by atoms with van der Waals surface area (Å²) in [5.74, 6) is 0.579. The van der Waals surface area contributed by atoms with E-state index in [0.29, 0.717) is 18.1 Å². The largest absolute Gasteiger partial charge is 0.377 e. The van der Waals surface area contributed by atoms with Crippen LogP contribution in [-0.4, -0.2) is 34.6 Å². The molecule has 0 fully saturated rings. The summed E-state index contributed by atoms with van der Waals surface area (Å²) in [6.45, 7) is 0.375. The molecule has 0 N–H and O–H groups in total. The summed E-state index contributed by atoms with van der Waals surface area (Å²) in [6, 6.07) is 3.62. The van der Waals surface area contributed by atoms with Gasteiger partial charge in [-0.3, -0.25) is 9.78 Å². The second kappa shape index (κ2) is 5.62. The highest BCUT2D eigenvalue weighted by atomic mass is 16.5. The lowest BCUT2D eigenvalue weighted by Gasteiger charge is -2.17. The number of ether oxygens (including phenoxy) is 1. The van der Waals surface area contributed by atoms with Gasteiger partial charge in [0.15, 0.2) is 0 Å². The minimum atomic E-state index is -0.134. The zero-order chi connectivity index (χ0) is 13.8. The van der Waals surface area contributed by atoms with E-state index in [0.717, 1.165) is 5.69 Å².